The molecule has 2 rings (SSSR count). The van der Waals surface area contributed by atoms with E-state index in [0.717, 1.165) is 25.2 Å². The van der Waals surface area contributed by atoms with Gasteiger partial charge in [0.2, 0.25) is 0 Å². The lowest BCUT2D eigenvalue weighted by molar-refractivity contribution is 0.773. The number of aryl methyl sites for hydroxylation is 1. The number of rotatable bonds is 5. The van der Waals surface area contributed by atoms with Gasteiger partial charge in [0.25, 0.3) is 0 Å². The van der Waals surface area contributed by atoms with Gasteiger partial charge in [-0.1, -0.05) is 29.8 Å². The van der Waals surface area contributed by atoms with Gasteiger partial charge in [-0.2, -0.15) is 0 Å². The quantitative estimate of drug-likeness (QED) is 0.850. The minimum Gasteiger partial charge on any atom is -0.333 e. The summed E-state index contributed by atoms with van der Waals surface area (Å²) in [6.07, 6.45) is 5.01. The van der Waals surface area contributed by atoms with E-state index >= 15 is 0 Å². The fourth-order valence-corrected chi connectivity index (χ4v) is 1.78. The van der Waals surface area contributed by atoms with Gasteiger partial charge in [0.15, 0.2) is 0 Å². The zero-order chi connectivity index (χ0) is 12.1. The molecule has 0 atom stereocenters. The Morgan fingerprint density at radius 1 is 1.24 bits per heavy atom. The Morgan fingerprint density at radius 3 is 2.71 bits per heavy atom. The highest BCUT2D eigenvalue weighted by atomic mass is 15.0. The van der Waals surface area contributed by atoms with Crippen LogP contribution in [0.15, 0.2) is 36.8 Å². The Balaban J connectivity index is 1.98. The maximum Gasteiger partial charge on any atom is 0.0952 e. The predicted molar refractivity (Wildman–Crippen MR) is 70.1 cm³/mol. The summed E-state index contributed by atoms with van der Waals surface area (Å²) in [6.45, 7) is 3.98. The number of hydrogen-bond donors (Lipinski definition) is 1. The first-order valence-electron chi connectivity index (χ1n) is 5.99. The van der Waals surface area contributed by atoms with Crippen LogP contribution in [0.2, 0.25) is 0 Å². The maximum absolute atomic E-state index is 4.39. The summed E-state index contributed by atoms with van der Waals surface area (Å²) in [4.78, 5) is 4.39. The standard InChI is InChI=1S/C14H19N3/c1-12-3-5-13(6-4-12)9-17-10-14(16-11-17)7-8-15-2/h3-6,10-11,15H,7-9H2,1-2H3. The van der Waals surface area contributed by atoms with E-state index in [1.165, 1.54) is 11.1 Å². The number of benzene rings is 1. The highest BCUT2D eigenvalue weighted by Gasteiger charge is 1.99. The minimum atomic E-state index is 0.896. The molecule has 0 bridgehead atoms. The zero-order valence-corrected chi connectivity index (χ0v) is 10.5. The van der Waals surface area contributed by atoms with Crippen molar-refractivity contribution in [2.75, 3.05) is 13.6 Å². The van der Waals surface area contributed by atoms with Crippen LogP contribution in [0.1, 0.15) is 16.8 Å². The molecule has 1 heterocycles. The second-order valence-corrected chi connectivity index (χ2v) is 4.38. The molecule has 0 fully saturated rings. The van der Waals surface area contributed by atoms with Crippen LogP contribution in [-0.2, 0) is 13.0 Å². The van der Waals surface area contributed by atoms with Crippen LogP contribution < -0.4 is 5.32 Å². The van der Waals surface area contributed by atoms with E-state index in [9.17, 15) is 0 Å². The Morgan fingerprint density at radius 2 is 2.00 bits per heavy atom. The molecule has 1 N–H and O–H groups in total. The van der Waals surface area contributed by atoms with Crippen LogP contribution in [-0.4, -0.2) is 23.1 Å². The number of nitrogens with zero attached hydrogens (tertiary/aromatic N) is 2. The van der Waals surface area contributed by atoms with E-state index in [2.05, 4.69) is 52.3 Å². The van der Waals surface area contributed by atoms with Crippen molar-refractivity contribution in [1.82, 2.24) is 14.9 Å². The third kappa shape index (κ3) is 3.43. The molecule has 0 saturated carbocycles. The van der Waals surface area contributed by atoms with Gasteiger partial charge >= 0.3 is 0 Å². The SMILES string of the molecule is CNCCc1cn(Cc2ccc(C)cc2)cn1. The third-order valence-electron chi connectivity index (χ3n) is 2.80. The van der Waals surface area contributed by atoms with Crippen molar-refractivity contribution in [3.8, 4) is 0 Å². The summed E-state index contributed by atoms with van der Waals surface area (Å²) in [5.74, 6) is 0. The Hall–Kier alpha value is -1.61. The molecule has 0 aliphatic rings. The van der Waals surface area contributed by atoms with Crippen molar-refractivity contribution >= 4 is 0 Å². The molecule has 2 aromatic rings. The lowest BCUT2D eigenvalue weighted by Gasteiger charge is -2.02. The Labute approximate surface area is 103 Å². The summed E-state index contributed by atoms with van der Waals surface area (Å²) in [7, 11) is 1.96. The summed E-state index contributed by atoms with van der Waals surface area (Å²) in [5.41, 5.74) is 3.76. The van der Waals surface area contributed by atoms with Crippen LogP contribution in [0.4, 0.5) is 0 Å². The summed E-state index contributed by atoms with van der Waals surface area (Å²) >= 11 is 0. The average molecular weight is 229 g/mol. The van der Waals surface area contributed by atoms with Gasteiger partial charge in [-0.25, -0.2) is 4.98 Å². The first kappa shape index (κ1) is 11.9. The lowest BCUT2D eigenvalue weighted by atomic mass is 10.1. The van der Waals surface area contributed by atoms with Crippen LogP contribution in [0.5, 0.6) is 0 Å². The van der Waals surface area contributed by atoms with Gasteiger partial charge in [0, 0.05) is 25.7 Å². The topological polar surface area (TPSA) is 29.9 Å². The molecule has 1 aromatic heterocycles. The summed E-state index contributed by atoms with van der Waals surface area (Å²) in [5, 5.41) is 3.13. The average Bonchev–Trinajstić information content (AvgIpc) is 2.77. The minimum absolute atomic E-state index is 0.896. The van der Waals surface area contributed by atoms with Crippen LogP contribution in [0.25, 0.3) is 0 Å². The van der Waals surface area contributed by atoms with Gasteiger partial charge < -0.3 is 9.88 Å². The molecule has 0 saturated heterocycles. The van der Waals surface area contributed by atoms with Crippen LogP contribution in [0.3, 0.4) is 0 Å². The highest BCUT2D eigenvalue weighted by molar-refractivity contribution is 5.21. The van der Waals surface area contributed by atoms with Gasteiger partial charge in [0.1, 0.15) is 0 Å². The molecule has 90 valence electrons. The number of likely N-dealkylation sites (N-methyl/N-ethyl adjacent to an activating group) is 1. The molecule has 0 unspecified atom stereocenters. The molecule has 0 amide bonds. The van der Waals surface area contributed by atoms with Crippen molar-refractivity contribution in [1.29, 1.82) is 0 Å². The molecule has 3 heteroatoms. The predicted octanol–water partition coefficient (Wildman–Crippen LogP) is 2.00. The second-order valence-electron chi connectivity index (χ2n) is 4.38. The first-order chi connectivity index (χ1) is 8.28. The van der Waals surface area contributed by atoms with E-state index in [1.54, 1.807) is 0 Å². The van der Waals surface area contributed by atoms with E-state index in [1.807, 2.05) is 13.4 Å². The normalized spacial score (nSPS) is 10.7. The van der Waals surface area contributed by atoms with Crippen LogP contribution in [0, 0.1) is 6.92 Å². The number of hydrogen-bond acceptors (Lipinski definition) is 2. The van der Waals surface area contributed by atoms with Gasteiger partial charge in [-0.3, -0.25) is 0 Å². The van der Waals surface area contributed by atoms with Crippen molar-refractivity contribution in [3.63, 3.8) is 0 Å². The fraction of sp³-hybridized carbons (Fsp3) is 0.357. The smallest absolute Gasteiger partial charge is 0.0952 e. The van der Waals surface area contributed by atoms with E-state index < -0.39 is 0 Å². The Bertz CT molecular complexity index is 457. The number of imidazole rings is 1. The van der Waals surface area contributed by atoms with Gasteiger partial charge in [-0.15, -0.1) is 0 Å². The van der Waals surface area contributed by atoms with E-state index in [0.29, 0.717) is 0 Å². The zero-order valence-electron chi connectivity index (χ0n) is 10.5. The molecular formula is C14H19N3. The molecule has 0 radical (unpaired) electrons. The molecule has 17 heavy (non-hydrogen) atoms. The monoisotopic (exact) mass is 229 g/mol. The van der Waals surface area contributed by atoms with E-state index in [-0.39, 0.29) is 0 Å². The van der Waals surface area contributed by atoms with Crippen molar-refractivity contribution in [3.05, 3.63) is 53.6 Å². The molecule has 0 aliphatic heterocycles. The summed E-state index contributed by atoms with van der Waals surface area (Å²) in [6, 6.07) is 8.63. The molecule has 0 aliphatic carbocycles. The first-order valence-corrected chi connectivity index (χ1v) is 5.99. The largest absolute Gasteiger partial charge is 0.333 e. The molecular weight excluding hydrogens is 210 g/mol. The maximum atomic E-state index is 4.39. The molecule has 0 spiro atoms. The van der Waals surface area contributed by atoms with Crippen LogP contribution >= 0.6 is 0 Å². The lowest BCUT2D eigenvalue weighted by Crippen LogP contribution is -2.10. The van der Waals surface area contributed by atoms with Crippen molar-refractivity contribution in [2.24, 2.45) is 0 Å². The molecule has 3 nitrogen and oxygen atoms in total. The number of aromatic nitrogens is 2. The van der Waals surface area contributed by atoms with E-state index in [4.69, 9.17) is 0 Å². The number of nitrogens with one attached hydrogen (secondary N) is 1. The third-order valence-corrected chi connectivity index (χ3v) is 2.80. The second kappa shape index (κ2) is 5.64. The van der Waals surface area contributed by atoms with Gasteiger partial charge in [0.05, 0.1) is 12.0 Å². The fourth-order valence-electron chi connectivity index (χ4n) is 1.78. The van der Waals surface area contributed by atoms with Crippen molar-refractivity contribution in [2.45, 2.75) is 19.9 Å². The molecule has 1 aromatic carbocycles. The van der Waals surface area contributed by atoms with Crippen molar-refractivity contribution < 1.29 is 0 Å². The Kier molecular flexibility index (Phi) is 3.94. The summed E-state index contributed by atoms with van der Waals surface area (Å²) < 4.78 is 2.13. The highest BCUT2D eigenvalue weighted by Crippen LogP contribution is 2.06. The van der Waals surface area contributed by atoms with Gasteiger partial charge in [-0.05, 0) is 19.5 Å².